The van der Waals surface area contributed by atoms with Crippen LogP contribution in [0.3, 0.4) is 0 Å². The fourth-order valence-electron chi connectivity index (χ4n) is 7.54. The fraction of sp³-hybridized carbons (Fsp3) is 0.581. The number of H-pyrrole nitrogens is 1. The summed E-state index contributed by atoms with van der Waals surface area (Å²) in [7, 11) is 0. The smallest absolute Gasteiger partial charge is 0.262 e. The van der Waals surface area contributed by atoms with Crippen molar-refractivity contribution in [2.24, 2.45) is 5.41 Å². The van der Waals surface area contributed by atoms with Gasteiger partial charge in [-0.1, -0.05) is 18.2 Å². The van der Waals surface area contributed by atoms with Gasteiger partial charge in [-0.15, -0.1) is 0 Å². The monoisotopic (exact) mass is 615 g/mol. The molecule has 1 saturated carbocycles. The van der Waals surface area contributed by atoms with Gasteiger partial charge in [-0.05, 0) is 65.2 Å². The van der Waals surface area contributed by atoms with Gasteiger partial charge in [0.25, 0.3) is 6.43 Å². The number of aliphatic hydroxyl groups is 1. The molecule has 2 N–H and O–H groups in total. The van der Waals surface area contributed by atoms with Gasteiger partial charge >= 0.3 is 0 Å². The maximum Gasteiger partial charge on any atom is 0.262 e. The van der Waals surface area contributed by atoms with Crippen LogP contribution in [0.1, 0.15) is 50.9 Å². The number of piperazine rings is 1. The summed E-state index contributed by atoms with van der Waals surface area (Å²) in [6, 6.07) is 2.01. The van der Waals surface area contributed by atoms with Crippen molar-refractivity contribution in [2.45, 2.75) is 71.1 Å². The highest BCUT2D eigenvalue weighted by molar-refractivity contribution is 6.36. The lowest BCUT2D eigenvalue weighted by atomic mass is 9.60. The zero-order valence-corrected chi connectivity index (χ0v) is 26.2. The largest absolute Gasteiger partial charge is 0.389 e. The van der Waals surface area contributed by atoms with E-state index in [2.05, 4.69) is 16.8 Å². The van der Waals surface area contributed by atoms with Gasteiger partial charge in [0, 0.05) is 66.9 Å². The Labute approximate surface area is 255 Å². The van der Waals surface area contributed by atoms with Crippen molar-refractivity contribution in [3.05, 3.63) is 41.2 Å². The topological polar surface area (TPSA) is 93.5 Å². The number of rotatable bonds is 7. The summed E-state index contributed by atoms with van der Waals surface area (Å²) in [6.45, 7) is 15.0. The first-order valence-corrected chi connectivity index (χ1v) is 15.2. The van der Waals surface area contributed by atoms with Crippen LogP contribution in [0.5, 0.6) is 0 Å². The number of hydrogen-bond acceptors (Lipinski definition) is 6. The van der Waals surface area contributed by atoms with Crippen molar-refractivity contribution < 1.29 is 18.7 Å². The number of aryl methyl sites for hydroxylation is 1. The van der Waals surface area contributed by atoms with Gasteiger partial charge in [-0.3, -0.25) is 19.5 Å². The molecule has 1 aliphatic carbocycles. The molecule has 0 radical (unpaired) electrons. The average molecular weight is 616 g/mol. The number of nitrogens with zero attached hydrogens (tertiary/aromatic N) is 6. The fourth-order valence-corrected chi connectivity index (χ4v) is 7.79. The van der Waals surface area contributed by atoms with Gasteiger partial charge in [0.1, 0.15) is 5.54 Å². The van der Waals surface area contributed by atoms with Crippen molar-refractivity contribution >= 4 is 34.2 Å². The molecular weight excluding hydrogens is 576 g/mol. The third-order valence-electron chi connectivity index (χ3n) is 9.60. The number of halogens is 3. The number of anilines is 1. The van der Waals surface area contributed by atoms with Gasteiger partial charge in [0.2, 0.25) is 5.91 Å². The predicted molar refractivity (Wildman–Crippen MR) is 164 cm³/mol. The van der Waals surface area contributed by atoms with E-state index in [1.165, 1.54) is 6.08 Å². The van der Waals surface area contributed by atoms with E-state index >= 15 is 8.78 Å². The first-order valence-electron chi connectivity index (χ1n) is 14.8. The third-order valence-corrected chi connectivity index (χ3v) is 10.1. The molecule has 1 atom stereocenters. The van der Waals surface area contributed by atoms with Crippen molar-refractivity contribution in [3.8, 4) is 11.1 Å². The van der Waals surface area contributed by atoms with E-state index < -0.39 is 17.6 Å². The second-order valence-corrected chi connectivity index (χ2v) is 14.1. The van der Waals surface area contributed by atoms with Crippen LogP contribution in [-0.2, 0) is 4.79 Å². The predicted octanol–water partition coefficient (Wildman–Crippen LogP) is 4.96. The molecule has 1 spiro atoms. The maximum atomic E-state index is 15.1. The van der Waals surface area contributed by atoms with Gasteiger partial charge in [-0.25, -0.2) is 8.78 Å². The summed E-state index contributed by atoms with van der Waals surface area (Å²) in [4.78, 5) is 17.5. The molecule has 2 aliphatic heterocycles. The number of benzene rings is 1. The van der Waals surface area contributed by atoms with Crippen molar-refractivity contribution in [3.63, 3.8) is 0 Å². The minimum Gasteiger partial charge on any atom is -0.389 e. The standard InChI is InChI=1S/C31H40ClF2N7O2/c1-7-23(42)39-16-31(17-39)11-20(12-31)41-19(3)24(25-21-13-35-36-22(21)10-18(2)26(25)32)27(37-41)40-9-8-38(14-29(4,5)43)15-30(40,6)28(33)34/h7,10,13,20,28,43H,1,8-9,11-12,14-17H2,2-6H3,(H,35,36)/t30-/m0/s1. The molecule has 1 aromatic carbocycles. The Hall–Kier alpha value is -3.02. The zero-order valence-electron chi connectivity index (χ0n) is 25.4. The van der Waals surface area contributed by atoms with Crippen LogP contribution in [0.4, 0.5) is 14.6 Å². The van der Waals surface area contributed by atoms with Gasteiger partial charge in [0.15, 0.2) is 5.82 Å². The van der Waals surface area contributed by atoms with Crippen LogP contribution in [0.15, 0.2) is 24.9 Å². The number of carbonyl (C=O) groups is 1. The lowest BCUT2D eigenvalue weighted by Crippen LogP contribution is -2.66. The summed E-state index contributed by atoms with van der Waals surface area (Å²) < 4.78 is 32.2. The maximum absolute atomic E-state index is 15.1. The van der Waals surface area contributed by atoms with Crippen LogP contribution >= 0.6 is 11.6 Å². The quantitative estimate of drug-likeness (QED) is 0.365. The molecule has 2 aromatic heterocycles. The lowest BCUT2D eigenvalue weighted by molar-refractivity contribution is -0.149. The van der Waals surface area contributed by atoms with Gasteiger partial charge < -0.3 is 14.9 Å². The minimum atomic E-state index is -2.67. The number of fused-ring (bicyclic) bond motifs is 1. The highest BCUT2D eigenvalue weighted by Crippen LogP contribution is 2.56. The number of carbonyl (C=O) groups excluding carboxylic acids is 1. The number of amides is 1. The molecule has 2 saturated heterocycles. The number of hydrogen-bond donors (Lipinski definition) is 2. The third kappa shape index (κ3) is 4.93. The van der Waals surface area contributed by atoms with Crippen LogP contribution in [-0.4, -0.2) is 97.6 Å². The minimum absolute atomic E-state index is 0.0536. The second-order valence-electron chi connectivity index (χ2n) is 13.7. The van der Waals surface area contributed by atoms with E-state index in [0.29, 0.717) is 43.6 Å². The summed E-state index contributed by atoms with van der Waals surface area (Å²) in [6.07, 6.45) is 2.10. The summed E-state index contributed by atoms with van der Waals surface area (Å²) in [5.41, 5.74) is 1.48. The zero-order chi connectivity index (χ0) is 31.1. The van der Waals surface area contributed by atoms with Crippen LogP contribution in [0.25, 0.3) is 22.0 Å². The van der Waals surface area contributed by atoms with E-state index in [9.17, 15) is 9.90 Å². The number of likely N-dealkylation sites (tertiary alicyclic amines) is 1. The molecule has 9 nitrogen and oxygen atoms in total. The Kier molecular flexibility index (Phi) is 7.17. The number of β-amino-alcohol motifs (C(OH)–C–C–N with tert-alkyl or cyclic N) is 1. The number of alkyl halides is 2. The normalized spacial score (nSPS) is 22.8. The first-order chi connectivity index (χ1) is 20.2. The lowest BCUT2D eigenvalue weighted by Gasteiger charge is -2.58. The van der Waals surface area contributed by atoms with E-state index in [0.717, 1.165) is 46.1 Å². The number of nitrogens with one attached hydrogen (secondary N) is 1. The molecular formula is C31H40ClF2N7O2. The summed E-state index contributed by atoms with van der Waals surface area (Å²) >= 11 is 7.02. The van der Waals surface area contributed by atoms with Crippen molar-refractivity contribution in [1.82, 2.24) is 29.8 Å². The highest BCUT2D eigenvalue weighted by Gasteiger charge is 2.55. The Morgan fingerprint density at radius 2 is 1.95 bits per heavy atom. The van der Waals surface area contributed by atoms with Gasteiger partial charge in [-0.2, -0.15) is 10.2 Å². The molecule has 0 unspecified atom stereocenters. The molecule has 6 rings (SSSR count). The van der Waals surface area contributed by atoms with Crippen LogP contribution in [0.2, 0.25) is 5.02 Å². The van der Waals surface area contributed by atoms with Crippen LogP contribution in [0, 0.1) is 19.3 Å². The molecule has 232 valence electrons. The van der Waals surface area contributed by atoms with E-state index in [-0.39, 0.29) is 23.9 Å². The Morgan fingerprint density at radius 3 is 2.58 bits per heavy atom. The molecule has 3 aromatic rings. The molecule has 1 amide bonds. The molecule has 12 heteroatoms. The van der Waals surface area contributed by atoms with Crippen molar-refractivity contribution in [1.29, 1.82) is 0 Å². The molecule has 4 heterocycles. The Balaban J connectivity index is 1.44. The number of aromatic nitrogens is 4. The Morgan fingerprint density at radius 1 is 1.26 bits per heavy atom. The van der Waals surface area contributed by atoms with E-state index in [1.54, 1.807) is 36.8 Å². The van der Waals surface area contributed by atoms with Crippen molar-refractivity contribution in [2.75, 3.05) is 44.2 Å². The average Bonchev–Trinajstić information content (AvgIpc) is 3.46. The second kappa shape index (κ2) is 10.3. The van der Waals surface area contributed by atoms with E-state index in [4.69, 9.17) is 16.7 Å². The highest BCUT2D eigenvalue weighted by atomic mass is 35.5. The molecule has 3 fully saturated rings. The Bertz CT molecular complexity index is 1580. The summed E-state index contributed by atoms with van der Waals surface area (Å²) in [5, 5.41) is 24.2. The van der Waals surface area contributed by atoms with Crippen LogP contribution < -0.4 is 4.90 Å². The first kappa shape index (κ1) is 30.0. The number of aromatic amines is 1. The van der Waals surface area contributed by atoms with E-state index in [1.807, 2.05) is 29.5 Å². The molecule has 3 aliphatic rings. The summed E-state index contributed by atoms with van der Waals surface area (Å²) in [5.74, 6) is 0.429. The SMILES string of the molecule is C=CC(=O)N1CC2(CC(n3nc(N4CCN(CC(C)(C)O)C[C@@]4(C)C(F)F)c(-c4c(Cl)c(C)cc5[nH]ncc45)c3C)C2)C1. The molecule has 43 heavy (non-hydrogen) atoms. The van der Waals surface area contributed by atoms with Gasteiger partial charge in [0.05, 0.1) is 28.4 Å². The molecule has 0 bridgehead atoms.